The molecule has 0 saturated carbocycles. The Labute approximate surface area is 202 Å². The standard InChI is InChI=1S/C24H37NO8Si/c1-16(26)30-15-21(33-34(7,8)24(3,4)5)23(31-17(2)27)20-13-22(28)32-25(20)14-18-9-11-19(29-6)12-10-18/h9-12,20-21,23H,13-15H2,1-8H3/t20-,21+,23+/m0/s1. The van der Waals surface area contributed by atoms with E-state index in [0.717, 1.165) is 5.56 Å². The molecule has 34 heavy (non-hydrogen) atoms. The van der Waals surface area contributed by atoms with E-state index >= 15 is 0 Å². The number of rotatable bonds is 10. The van der Waals surface area contributed by atoms with Crippen molar-refractivity contribution in [3.8, 4) is 5.75 Å². The Hall–Kier alpha value is -2.43. The minimum atomic E-state index is -2.37. The lowest BCUT2D eigenvalue weighted by molar-refractivity contribution is -0.195. The lowest BCUT2D eigenvalue weighted by atomic mass is 10.0. The van der Waals surface area contributed by atoms with Crippen LogP contribution in [0.15, 0.2) is 24.3 Å². The maximum Gasteiger partial charge on any atom is 0.326 e. The van der Waals surface area contributed by atoms with Crippen LogP contribution in [-0.2, 0) is 39.7 Å². The van der Waals surface area contributed by atoms with Gasteiger partial charge in [0.1, 0.15) is 24.6 Å². The number of ether oxygens (including phenoxy) is 3. The van der Waals surface area contributed by atoms with Crippen LogP contribution in [0.3, 0.4) is 0 Å². The van der Waals surface area contributed by atoms with E-state index in [1.807, 2.05) is 24.3 Å². The zero-order chi connectivity index (χ0) is 25.7. The Morgan fingerprint density at radius 1 is 1.15 bits per heavy atom. The zero-order valence-corrected chi connectivity index (χ0v) is 22.4. The van der Waals surface area contributed by atoms with Crippen molar-refractivity contribution in [1.29, 1.82) is 0 Å². The van der Waals surface area contributed by atoms with E-state index in [1.165, 1.54) is 18.9 Å². The van der Waals surface area contributed by atoms with Gasteiger partial charge in [-0.05, 0) is 35.8 Å². The molecule has 1 saturated heterocycles. The van der Waals surface area contributed by atoms with Crippen LogP contribution in [0.1, 0.15) is 46.6 Å². The summed E-state index contributed by atoms with van der Waals surface area (Å²) < 4.78 is 22.8. The molecule has 3 atom stereocenters. The lowest BCUT2D eigenvalue weighted by Crippen LogP contribution is -2.55. The van der Waals surface area contributed by atoms with Crippen LogP contribution in [0.2, 0.25) is 18.1 Å². The van der Waals surface area contributed by atoms with Gasteiger partial charge in [0.15, 0.2) is 8.32 Å². The number of hydrogen-bond donors (Lipinski definition) is 0. The van der Waals surface area contributed by atoms with Gasteiger partial charge in [0.2, 0.25) is 0 Å². The average molecular weight is 496 g/mol. The highest BCUT2D eigenvalue weighted by Crippen LogP contribution is 2.39. The molecule has 1 aliphatic rings. The minimum absolute atomic E-state index is 0.00549. The minimum Gasteiger partial charge on any atom is -0.497 e. The van der Waals surface area contributed by atoms with Gasteiger partial charge in [-0.25, -0.2) is 0 Å². The first-order valence-electron chi connectivity index (χ1n) is 11.3. The number of esters is 2. The van der Waals surface area contributed by atoms with E-state index in [-0.39, 0.29) is 24.6 Å². The number of hydroxylamine groups is 2. The second-order valence-corrected chi connectivity index (χ2v) is 14.7. The molecule has 0 aromatic heterocycles. The van der Waals surface area contributed by atoms with E-state index in [9.17, 15) is 14.4 Å². The molecular formula is C24H37NO8Si. The van der Waals surface area contributed by atoms with Crippen LogP contribution in [-0.4, -0.2) is 63.3 Å². The Morgan fingerprint density at radius 3 is 2.26 bits per heavy atom. The van der Waals surface area contributed by atoms with Crippen LogP contribution in [0.5, 0.6) is 5.75 Å². The van der Waals surface area contributed by atoms with Gasteiger partial charge in [0.25, 0.3) is 0 Å². The van der Waals surface area contributed by atoms with Gasteiger partial charge in [-0.1, -0.05) is 32.9 Å². The van der Waals surface area contributed by atoms with Gasteiger partial charge in [0, 0.05) is 13.8 Å². The molecule has 1 aliphatic heterocycles. The first kappa shape index (κ1) is 27.8. The van der Waals surface area contributed by atoms with Crippen molar-refractivity contribution >= 4 is 26.2 Å². The fourth-order valence-corrected chi connectivity index (χ4v) is 4.71. The van der Waals surface area contributed by atoms with Crippen molar-refractivity contribution in [1.82, 2.24) is 5.06 Å². The van der Waals surface area contributed by atoms with E-state index < -0.39 is 44.5 Å². The molecule has 0 amide bonds. The molecule has 0 radical (unpaired) electrons. The largest absolute Gasteiger partial charge is 0.497 e. The Morgan fingerprint density at radius 2 is 1.76 bits per heavy atom. The maximum absolute atomic E-state index is 12.3. The molecule has 2 rings (SSSR count). The Balaban J connectivity index is 2.38. The Bertz CT molecular complexity index is 865. The number of carbonyl (C=O) groups excluding carboxylic acids is 3. The molecular weight excluding hydrogens is 458 g/mol. The summed E-state index contributed by atoms with van der Waals surface area (Å²) in [7, 11) is -0.783. The second kappa shape index (κ2) is 11.3. The number of nitrogens with zero attached hydrogens (tertiary/aromatic N) is 1. The van der Waals surface area contributed by atoms with E-state index in [0.29, 0.717) is 5.75 Å². The highest BCUT2D eigenvalue weighted by molar-refractivity contribution is 6.74. The average Bonchev–Trinajstić information content (AvgIpc) is 3.08. The van der Waals surface area contributed by atoms with Crippen LogP contribution in [0.4, 0.5) is 0 Å². The van der Waals surface area contributed by atoms with Crippen LogP contribution < -0.4 is 4.74 Å². The Kier molecular flexibility index (Phi) is 9.27. The smallest absolute Gasteiger partial charge is 0.326 e. The molecule has 0 bridgehead atoms. The number of benzene rings is 1. The summed E-state index contributed by atoms with van der Waals surface area (Å²) in [5.74, 6) is -0.727. The van der Waals surface area contributed by atoms with Crippen molar-refractivity contribution in [2.75, 3.05) is 13.7 Å². The fourth-order valence-electron chi connectivity index (χ4n) is 3.39. The van der Waals surface area contributed by atoms with Crippen LogP contribution in [0, 0.1) is 0 Å². The van der Waals surface area contributed by atoms with Crippen LogP contribution in [0.25, 0.3) is 0 Å². The third kappa shape index (κ3) is 7.54. The van der Waals surface area contributed by atoms with Gasteiger partial charge in [-0.3, -0.25) is 14.4 Å². The van der Waals surface area contributed by atoms with E-state index in [4.69, 9.17) is 23.5 Å². The van der Waals surface area contributed by atoms with Crippen molar-refractivity contribution in [2.45, 2.75) is 84.0 Å². The third-order valence-electron chi connectivity index (χ3n) is 6.21. The molecule has 0 N–H and O–H groups in total. The van der Waals surface area contributed by atoms with Crippen molar-refractivity contribution in [3.63, 3.8) is 0 Å². The van der Waals surface area contributed by atoms with Gasteiger partial charge in [-0.15, -0.1) is 5.06 Å². The molecule has 0 spiro atoms. The SMILES string of the molecule is COc1ccc(CN2OC(=O)C[C@H]2[C@@H](OC(C)=O)[C@@H](COC(C)=O)O[Si](C)(C)C(C)(C)C)cc1. The summed E-state index contributed by atoms with van der Waals surface area (Å²) in [4.78, 5) is 41.5. The topological polar surface area (TPSA) is 101 Å². The van der Waals surface area contributed by atoms with Crippen molar-refractivity contribution in [3.05, 3.63) is 29.8 Å². The first-order valence-corrected chi connectivity index (χ1v) is 14.2. The predicted molar refractivity (Wildman–Crippen MR) is 127 cm³/mol. The molecule has 1 aromatic rings. The molecule has 0 aliphatic carbocycles. The highest BCUT2D eigenvalue weighted by atomic mass is 28.4. The number of carbonyl (C=O) groups is 3. The molecule has 10 heteroatoms. The molecule has 1 fully saturated rings. The number of methoxy groups -OCH3 is 1. The summed E-state index contributed by atoms with van der Waals surface area (Å²) >= 11 is 0. The van der Waals surface area contributed by atoms with E-state index in [1.54, 1.807) is 7.11 Å². The van der Waals surface area contributed by atoms with Gasteiger partial charge in [-0.2, -0.15) is 0 Å². The van der Waals surface area contributed by atoms with Crippen LogP contribution >= 0.6 is 0 Å². The molecule has 0 unspecified atom stereocenters. The van der Waals surface area contributed by atoms with Crippen molar-refractivity contribution in [2.24, 2.45) is 0 Å². The first-order chi connectivity index (χ1) is 15.7. The summed E-state index contributed by atoms with van der Waals surface area (Å²) in [5, 5.41) is 1.36. The third-order valence-corrected chi connectivity index (χ3v) is 10.7. The number of hydrogen-bond acceptors (Lipinski definition) is 9. The second-order valence-electron chi connectivity index (χ2n) is 9.95. The monoisotopic (exact) mass is 495 g/mol. The van der Waals surface area contributed by atoms with Crippen molar-refractivity contribution < 1.29 is 37.9 Å². The highest BCUT2D eigenvalue weighted by Gasteiger charge is 2.48. The molecule has 190 valence electrons. The zero-order valence-electron chi connectivity index (χ0n) is 21.4. The van der Waals surface area contributed by atoms with E-state index in [2.05, 4.69) is 33.9 Å². The summed E-state index contributed by atoms with van der Waals surface area (Å²) in [6.07, 6.45) is -1.66. The molecule has 1 aromatic carbocycles. The van der Waals surface area contributed by atoms with Gasteiger partial charge in [0.05, 0.1) is 26.1 Å². The molecule has 1 heterocycles. The summed E-state index contributed by atoms with van der Waals surface area (Å²) in [5.41, 5.74) is 0.879. The fraction of sp³-hybridized carbons (Fsp3) is 0.625. The predicted octanol–water partition coefficient (Wildman–Crippen LogP) is 3.61. The maximum atomic E-state index is 12.3. The normalized spacial score (nSPS) is 18.7. The van der Waals surface area contributed by atoms with Gasteiger partial charge < -0.3 is 23.5 Å². The summed E-state index contributed by atoms with van der Waals surface area (Å²) in [6.45, 7) is 13.1. The lowest BCUT2D eigenvalue weighted by Gasteiger charge is -2.42. The summed E-state index contributed by atoms with van der Waals surface area (Å²) in [6, 6.07) is 6.74. The van der Waals surface area contributed by atoms with Gasteiger partial charge >= 0.3 is 17.9 Å². The molecule has 9 nitrogen and oxygen atoms in total. The quantitative estimate of drug-likeness (QED) is 0.356.